The summed E-state index contributed by atoms with van der Waals surface area (Å²) in [6, 6.07) is 8.98. The van der Waals surface area contributed by atoms with Gasteiger partial charge in [-0.1, -0.05) is 19.9 Å². The van der Waals surface area contributed by atoms with Crippen LogP contribution in [-0.4, -0.2) is 37.7 Å². The van der Waals surface area contributed by atoms with E-state index < -0.39 is 23.0 Å². The minimum absolute atomic E-state index is 0.121. The molecular formula is C28H24F2N6O2. The first kappa shape index (κ1) is 24.0. The molecule has 2 bridgehead atoms. The van der Waals surface area contributed by atoms with Crippen LogP contribution in [0.5, 0.6) is 5.88 Å². The van der Waals surface area contributed by atoms with Crippen LogP contribution in [0.3, 0.4) is 0 Å². The van der Waals surface area contributed by atoms with Crippen molar-refractivity contribution < 1.29 is 18.3 Å². The number of fused-ring (bicyclic) bond motifs is 5. The van der Waals surface area contributed by atoms with Gasteiger partial charge in [-0.05, 0) is 54.0 Å². The Morgan fingerprint density at radius 3 is 2.58 bits per heavy atom. The number of aromatic nitrogens is 5. The number of primary amides is 1. The summed E-state index contributed by atoms with van der Waals surface area (Å²) in [5.74, 6) is -1.53. The highest BCUT2D eigenvalue weighted by molar-refractivity contribution is 5.75. The van der Waals surface area contributed by atoms with E-state index in [1.807, 2.05) is 0 Å². The number of ether oxygens (including phenoxy) is 1. The van der Waals surface area contributed by atoms with E-state index in [9.17, 15) is 13.6 Å². The van der Waals surface area contributed by atoms with Crippen LogP contribution in [0.4, 0.5) is 8.78 Å². The fourth-order valence-electron chi connectivity index (χ4n) is 6.23. The summed E-state index contributed by atoms with van der Waals surface area (Å²) >= 11 is 0. The summed E-state index contributed by atoms with van der Waals surface area (Å²) in [5.41, 5.74) is 8.11. The van der Waals surface area contributed by atoms with Crippen molar-refractivity contribution in [2.45, 2.75) is 38.0 Å². The lowest BCUT2D eigenvalue weighted by atomic mass is 9.66. The number of hydrogen-bond acceptors (Lipinski definition) is 7. The zero-order valence-electron chi connectivity index (χ0n) is 20.8. The molecule has 0 spiro atoms. The zero-order valence-corrected chi connectivity index (χ0v) is 20.8. The lowest BCUT2D eigenvalue weighted by molar-refractivity contribution is -0.120. The third-order valence-corrected chi connectivity index (χ3v) is 8.07. The molecule has 1 aromatic carbocycles. The largest absolute Gasteiger partial charge is 0.468 e. The molecule has 3 heterocycles. The Hall–Kier alpha value is -4.34. The minimum atomic E-state index is -0.672. The molecule has 1 fully saturated rings. The Balaban J connectivity index is 1.41. The van der Waals surface area contributed by atoms with Crippen LogP contribution in [-0.2, 0) is 10.2 Å². The summed E-state index contributed by atoms with van der Waals surface area (Å²) in [4.78, 5) is 24.7. The van der Waals surface area contributed by atoms with Crippen molar-refractivity contribution in [3.63, 3.8) is 0 Å². The Labute approximate surface area is 217 Å². The average molecular weight is 515 g/mol. The molecule has 4 aromatic rings. The van der Waals surface area contributed by atoms with Gasteiger partial charge in [-0.3, -0.25) is 9.78 Å². The molecule has 1 amide bonds. The molecule has 0 unspecified atom stereocenters. The van der Waals surface area contributed by atoms with Crippen LogP contribution < -0.4 is 10.5 Å². The minimum Gasteiger partial charge on any atom is -0.468 e. The molecule has 2 aliphatic rings. The average Bonchev–Trinajstić information content (AvgIpc) is 3.28. The standard InChI is InChI=1S/C28H24F2N6O2/c1-27(2)17-8-9-28(27,26-16(17)10-20(35-36-26)25-18(29)4-3-5-19(25)30)22-13-32-12-21(34-22)15-6-7-24(33-11-15)38-14-23(31)37/h3-7,10-13,17H,8-9,14H2,1-2H3,(H2,31,37)/t17-,28-/m0/s1. The number of amides is 1. The van der Waals surface area contributed by atoms with Crippen molar-refractivity contribution in [3.05, 3.63) is 83.6 Å². The van der Waals surface area contributed by atoms with E-state index in [-0.39, 0.29) is 35.1 Å². The Morgan fingerprint density at radius 1 is 1.08 bits per heavy atom. The van der Waals surface area contributed by atoms with Gasteiger partial charge in [0.15, 0.2) is 6.61 Å². The monoisotopic (exact) mass is 514 g/mol. The van der Waals surface area contributed by atoms with Gasteiger partial charge in [0.1, 0.15) is 11.6 Å². The number of rotatable bonds is 6. The van der Waals surface area contributed by atoms with Gasteiger partial charge in [0.25, 0.3) is 5.91 Å². The lowest BCUT2D eigenvalue weighted by Crippen LogP contribution is -2.38. The van der Waals surface area contributed by atoms with Crippen LogP contribution in [0, 0.1) is 17.0 Å². The summed E-state index contributed by atoms with van der Waals surface area (Å²) in [7, 11) is 0. The second kappa shape index (κ2) is 8.61. The number of benzene rings is 1. The van der Waals surface area contributed by atoms with E-state index in [2.05, 4.69) is 34.0 Å². The van der Waals surface area contributed by atoms with Crippen LogP contribution in [0.2, 0.25) is 0 Å². The number of carbonyl (C=O) groups is 1. The van der Waals surface area contributed by atoms with E-state index in [4.69, 9.17) is 15.5 Å². The topological polar surface area (TPSA) is 117 Å². The van der Waals surface area contributed by atoms with Gasteiger partial charge in [-0.25, -0.2) is 18.7 Å². The highest BCUT2D eigenvalue weighted by Gasteiger charge is 2.65. The third kappa shape index (κ3) is 3.47. The summed E-state index contributed by atoms with van der Waals surface area (Å²) in [5, 5.41) is 8.86. The van der Waals surface area contributed by atoms with Gasteiger partial charge in [0.2, 0.25) is 5.88 Å². The highest BCUT2D eigenvalue weighted by atomic mass is 19.1. The van der Waals surface area contributed by atoms with Crippen molar-refractivity contribution in [2.24, 2.45) is 11.1 Å². The molecule has 2 atom stereocenters. The number of nitrogens with two attached hydrogens (primary N) is 1. The summed E-state index contributed by atoms with van der Waals surface area (Å²) in [6.45, 7) is 4.10. The molecule has 6 rings (SSSR count). The van der Waals surface area contributed by atoms with Gasteiger partial charge in [-0.2, -0.15) is 5.10 Å². The summed E-state index contributed by atoms with van der Waals surface area (Å²) < 4.78 is 34.3. The second-order valence-corrected chi connectivity index (χ2v) is 10.3. The van der Waals surface area contributed by atoms with E-state index >= 15 is 0 Å². The number of carbonyl (C=O) groups excluding carboxylic acids is 1. The molecule has 192 valence electrons. The smallest absolute Gasteiger partial charge is 0.255 e. The fraction of sp³-hybridized carbons (Fsp3) is 0.286. The van der Waals surface area contributed by atoms with Crippen molar-refractivity contribution >= 4 is 5.91 Å². The molecule has 38 heavy (non-hydrogen) atoms. The van der Waals surface area contributed by atoms with Crippen LogP contribution in [0.1, 0.15) is 49.6 Å². The number of halogens is 2. The second-order valence-electron chi connectivity index (χ2n) is 10.3. The first-order valence-electron chi connectivity index (χ1n) is 12.2. The molecular weight excluding hydrogens is 490 g/mol. The first-order chi connectivity index (χ1) is 18.2. The van der Waals surface area contributed by atoms with Crippen molar-refractivity contribution in [2.75, 3.05) is 6.61 Å². The fourth-order valence-corrected chi connectivity index (χ4v) is 6.23. The zero-order chi connectivity index (χ0) is 26.7. The Bertz CT molecular complexity index is 1560. The van der Waals surface area contributed by atoms with E-state index in [0.717, 1.165) is 35.4 Å². The SMILES string of the molecule is CC1(C)[C@H]2CC[C@]1(c1cncc(-c3ccc(OCC(N)=O)nc3)n1)c1nnc(-c3c(F)cccc3F)cc12. The highest BCUT2D eigenvalue weighted by Crippen LogP contribution is 2.69. The van der Waals surface area contributed by atoms with Crippen molar-refractivity contribution in [3.8, 4) is 28.4 Å². The molecule has 8 nitrogen and oxygen atoms in total. The normalized spacial score (nSPS) is 20.8. The maximum absolute atomic E-state index is 14.5. The molecule has 0 aliphatic heterocycles. The van der Waals surface area contributed by atoms with Gasteiger partial charge in [0.05, 0.1) is 40.0 Å². The van der Waals surface area contributed by atoms with Crippen LogP contribution in [0.25, 0.3) is 22.5 Å². The molecule has 2 N–H and O–H groups in total. The van der Waals surface area contributed by atoms with Crippen LogP contribution in [0.15, 0.2) is 55.0 Å². The molecule has 1 saturated carbocycles. The number of hydrogen-bond donors (Lipinski definition) is 1. The van der Waals surface area contributed by atoms with E-state index in [1.54, 1.807) is 36.8 Å². The first-order valence-corrected chi connectivity index (χ1v) is 12.2. The molecule has 2 aliphatic carbocycles. The Kier molecular flexibility index (Phi) is 5.44. The van der Waals surface area contributed by atoms with Gasteiger partial charge < -0.3 is 10.5 Å². The van der Waals surface area contributed by atoms with E-state index in [0.29, 0.717) is 5.69 Å². The quantitative estimate of drug-likeness (QED) is 0.407. The molecule has 0 saturated heterocycles. The number of nitrogens with zero attached hydrogens (tertiary/aromatic N) is 5. The summed E-state index contributed by atoms with van der Waals surface area (Å²) in [6.07, 6.45) is 6.70. The van der Waals surface area contributed by atoms with Crippen LogP contribution >= 0.6 is 0 Å². The van der Waals surface area contributed by atoms with Gasteiger partial charge in [-0.15, -0.1) is 5.10 Å². The van der Waals surface area contributed by atoms with Crippen molar-refractivity contribution in [1.29, 1.82) is 0 Å². The maximum Gasteiger partial charge on any atom is 0.255 e. The maximum atomic E-state index is 14.5. The predicted molar refractivity (Wildman–Crippen MR) is 134 cm³/mol. The molecule has 10 heteroatoms. The number of pyridine rings is 1. The molecule has 3 aromatic heterocycles. The Morgan fingerprint density at radius 2 is 1.87 bits per heavy atom. The lowest BCUT2D eigenvalue weighted by Gasteiger charge is -2.37. The van der Waals surface area contributed by atoms with Crippen molar-refractivity contribution in [1.82, 2.24) is 25.1 Å². The third-order valence-electron chi connectivity index (χ3n) is 8.07. The van der Waals surface area contributed by atoms with Gasteiger partial charge in [0, 0.05) is 24.0 Å². The van der Waals surface area contributed by atoms with Gasteiger partial charge >= 0.3 is 0 Å². The predicted octanol–water partition coefficient (Wildman–Crippen LogP) is 4.34. The molecule has 0 radical (unpaired) electrons. The van der Waals surface area contributed by atoms with E-state index in [1.165, 1.54) is 18.2 Å².